The molecule has 17 heavy (non-hydrogen) atoms. The van der Waals surface area contributed by atoms with Crippen LogP contribution in [0.5, 0.6) is 5.75 Å². The fraction of sp³-hybridized carbons (Fsp3) is 0.571. The predicted molar refractivity (Wildman–Crippen MR) is 69.0 cm³/mol. The summed E-state index contributed by atoms with van der Waals surface area (Å²) >= 11 is 0. The van der Waals surface area contributed by atoms with Crippen molar-refractivity contribution in [3.63, 3.8) is 0 Å². The number of benzene rings is 1. The first kappa shape index (κ1) is 14.0. The van der Waals surface area contributed by atoms with Gasteiger partial charge in [-0.2, -0.15) is 0 Å². The highest BCUT2D eigenvalue weighted by molar-refractivity contribution is 5.30. The van der Waals surface area contributed by atoms with E-state index in [1.54, 1.807) is 19.1 Å². The van der Waals surface area contributed by atoms with Gasteiger partial charge in [-0.3, -0.25) is 0 Å². The molecule has 1 rings (SSSR count). The van der Waals surface area contributed by atoms with Gasteiger partial charge in [-0.25, -0.2) is 4.39 Å². The molecular formula is C14H22FNO. The number of hydrogen-bond donors (Lipinski definition) is 1. The second-order valence-electron chi connectivity index (χ2n) is 4.51. The normalized spacial score (nSPS) is 14.4. The van der Waals surface area contributed by atoms with E-state index in [4.69, 9.17) is 4.74 Å². The SMILES string of the molecule is CCNC(C)CC(C)Oc1cccc(C)c1F. The molecule has 1 aromatic carbocycles. The number of aryl methyl sites for hydroxylation is 1. The van der Waals surface area contributed by atoms with Gasteiger partial charge in [-0.05, 0) is 45.4 Å². The summed E-state index contributed by atoms with van der Waals surface area (Å²) in [6.45, 7) is 8.83. The minimum atomic E-state index is -0.254. The summed E-state index contributed by atoms with van der Waals surface area (Å²) in [7, 11) is 0. The zero-order valence-electron chi connectivity index (χ0n) is 11.1. The van der Waals surface area contributed by atoms with Crippen LogP contribution in [0.3, 0.4) is 0 Å². The lowest BCUT2D eigenvalue weighted by Gasteiger charge is -2.20. The van der Waals surface area contributed by atoms with Crippen LogP contribution in [0.2, 0.25) is 0 Å². The Hall–Kier alpha value is -1.09. The van der Waals surface area contributed by atoms with E-state index in [1.807, 2.05) is 13.0 Å². The monoisotopic (exact) mass is 239 g/mol. The Morgan fingerprint density at radius 1 is 1.35 bits per heavy atom. The number of hydrogen-bond acceptors (Lipinski definition) is 2. The van der Waals surface area contributed by atoms with E-state index in [-0.39, 0.29) is 11.9 Å². The molecule has 96 valence electrons. The molecule has 0 aliphatic heterocycles. The van der Waals surface area contributed by atoms with Crippen molar-refractivity contribution in [1.29, 1.82) is 0 Å². The molecule has 3 heteroatoms. The van der Waals surface area contributed by atoms with E-state index in [0.717, 1.165) is 13.0 Å². The van der Waals surface area contributed by atoms with Gasteiger partial charge in [0, 0.05) is 6.04 Å². The first-order chi connectivity index (χ1) is 8.04. The van der Waals surface area contributed by atoms with Gasteiger partial charge in [0.05, 0.1) is 6.10 Å². The third kappa shape index (κ3) is 4.35. The molecule has 0 radical (unpaired) electrons. The molecule has 0 heterocycles. The van der Waals surface area contributed by atoms with Crippen molar-refractivity contribution in [2.45, 2.75) is 46.3 Å². The number of ether oxygens (including phenoxy) is 1. The average Bonchev–Trinajstić information content (AvgIpc) is 2.25. The molecule has 0 amide bonds. The maximum Gasteiger partial charge on any atom is 0.167 e. The van der Waals surface area contributed by atoms with Crippen LogP contribution >= 0.6 is 0 Å². The molecular weight excluding hydrogens is 217 g/mol. The Kier molecular flexibility index (Phi) is 5.42. The van der Waals surface area contributed by atoms with E-state index >= 15 is 0 Å². The van der Waals surface area contributed by atoms with Gasteiger partial charge in [-0.1, -0.05) is 19.1 Å². The highest BCUT2D eigenvalue weighted by Crippen LogP contribution is 2.21. The van der Waals surface area contributed by atoms with Crippen LogP contribution in [-0.4, -0.2) is 18.7 Å². The van der Waals surface area contributed by atoms with Gasteiger partial charge < -0.3 is 10.1 Å². The molecule has 0 aliphatic rings. The average molecular weight is 239 g/mol. The van der Waals surface area contributed by atoms with Gasteiger partial charge in [0.15, 0.2) is 11.6 Å². The largest absolute Gasteiger partial charge is 0.488 e. The van der Waals surface area contributed by atoms with E-state index in [0.29, 0.717) is 17.4 Å². The van der Waals surface area contributed by atoms with Gasteiger partial charge in [-0.15, -0.1) is 0 Å². The smallest absolute Gasteiger partial charge is 0.167 e. The lowest BCUT2D eigenvalue weighted by Crippen LogP contribution is -2.30. The van der Waals surface area contributed by atoms with Crippen LogP contribution in [-0.2, 0) is 0 Å². The number of nitrogens with one attached hydrogen (secondary N) is 1. The fourth-order valence-corrected chi connectivity index (χ4v) is 1.91. The molecule has 0 aromatic heterocycles. The first-order valence-corrected chi connectivity index (χ1v) is 6.19. The van der Waals surface area contributed by atoms with Gasteiger partial charge in [0.2, 0.25) is 0 Å². The Bertz CT molecular complexity index is 354. The van der Waals surface area contributed by atoms with Crippen molar-refractivity contribution in [3.05, 3.63) is 29.6 Å². The zero-order chi connectivity index (χ0) is 12.8. The third-order valence-electron chi connectivity index (χ3n) is 2.72. The second kappa shape index (κ2) is 6.60. The van der Waals surface area contributed by atoms with Crippen LogP contribution < -0.4 is 10.1 Å². The predicted octanol–water partition coefficient (Wildman–Crippen LogP) is 3.29. The third-order valence-corrected chi connectivity index (χ3v) is 2.72. The van der Waals surface area contributed by atoms with E-state index in [1.165, 1.54) is 0 Å². The van der Waals surface area contributed by atoms with E-state index in [9.17, 15) is 4.39 Å². The topological polar surface area (TPSA) is 21.3 Å². The van der Waals surface area contributed by atoms with Gasteiger partial charge in [0.25, 0.3) is 0 Å². The molecule has 0 saturated carbocycles. The molecule has 2 atom stereocenters. The lowest BCUT2D eigenvalue weighted by molar-refractivity contribution is 0.188. The minimum Gasteiger partial charge on any atom is -0.488 e. The van der Waals surface area contributed by atoms with Crippen LogP contribution in [0.15, 0.2) is 18.2 Å². The Morgan fingerprint density at radius 3 is 2.71 bits per heavy atom. The highest BCUT2D eigenvalue weighted by atomic mass is 19.1. The van der Waals surface area contributed by atoms with Crippen LogP contribution in [0, 0.1) is 12.7 Å². The summed E-state index contributed by atoms with van der Waals surface area (Å²) in [4.78, 5) is 0. The molecule has 1 N–H and O–H groups in total. The molecule has 1 aromatic rings. The number of halogens is 1. The van der Waals surface area contributed by atoms with Crippen LogP contribution in [0.1, 0.15) is 32.8 Å². The van der Waals surface area contributed by atoms with Gasteiger partial charge >= 0.3 is 0 Å². The Labute approximate surface area is 103 Å². The molecule has 2 nitrogen and oxygen atoms in total. The molecule has 0 bridgehead atoms. The van der Waals surface area contributed by atoms with Crippen molar-refractivity contribution in [3.8, 4) is 5.75 Å². The summed E-state index contributed by atoms with van der Waals surface area (Å²) in [6.07, 6.45) is 0.863. The lowest BCUT2D eigenvalue weighted by atomic mass is 10.1. The summed E-state index contributed by atoms with van der Waals surface area (Å²) in [5.41, 5.74) is 0.620. The zero-order valence-corrected chi connectivity index (χ0v) is 11.1. The summed E-state index contributed by atoms with van der Waals surface area (Å²) in [6, 6.07) is 5.61. The summed E-state index contributed by atoms with van der Waals surface area (Å²) in [5.74, 6) is 0.0941. The van der Waals surface area contributed by atoms with Crippen molar-refractivity contribution in [1.82, 2.24) is 5.32 Å². The Morgan fingerprint density at radius 2 is 2.06 bits per heavy atom. The summed E-state index contributed by atoms with van der Waals surface area (Å²) in [5, 5.41) is 3.31. The maximum atomic E-state index is 13.7. The van der Waals surface area contributed by atoms with Crippen molar-refractivity contribution >= 4 is 0 Å². The quantitative estimate of drug-likeness (QED) is 0.822. The van der Waals surface area contributed by atoms with E-state index in [2.05, 4.69) is 19.2 Å². The molecule has 0 fully saturated rings. The van der Waals surface area contributed by atoms with Crippen molar-refractivity contribution in [2.75, 3.05) is 6.54 Å². The fourth-order valence-electron chi connectivity index (χ4n) is 1.91. The molecule has 0 saturated heterocycles. The van der Waals surface area contributed by atoms with Gasteiger partial charge in [0.1, 0.15) is 0 Å². The first-order valence-electron chi connectivity index (χ1n) is 6.19. The highest BCUT2D eigenvalue weighted by Gasteiger charge is 2.12. The molecule has 0 aliphatic carbocycles. The summed E-state index contributed by atoms with van der Waals surface area (Å²) < 4.78 is 19.3. The van der Waals surface area contributed by atoms with Crippen LogP contribution in [0.25, 0.3) is 0 Å². The van der Waals surface area contributed by atoms with E-state index < -0.39 is 0 Å². The second-order valence-corrected chi connectivity index (χ2v) is 4.51. The molecule has 0 spiro atoms. The maximum absolute atomic E-state index is 13.7. The van der Waals surface area contributed by atoms with Crippen molar-refractivity contribution < 1.29 is 9.13 Å². The standard InChI is InChI=1S/C14H22FNO/c1-5-16-11(3)9-12(4)17-13-8-6-7-10(2)14(13)15/h6-8,11-12,16H,5,9H2,1-4H3. The van der Waals surface area contributed by atoms with Crippen LogP contribution in [0.4, 0.5) is 4.39 Å². The van der Waals surface area contributed by atoms with Crippen molar-refractivity contribution in [2.24, 2.45) is 0 Å². The number of rotatable bonds is 6. The minimum absolute atomic E-state index is 0.000324. The Balaban J connectivity index is 2.56. The molecule has 2 unspecified atom stereocenters.